The zero-order valence-corrected chi connectivity index (χ0v) is 13.1. The molecule has 1 amide bonds. The lowest BCUT2D eigenvalue weighted by atomic mass is 10.0. The molecule has 0 bridgehead atoms. The van der Waals surface area contributed by atoms with Crippen molar-refractivity contribution in [1.82, 2.24) is 0 Å². The fourth-order valence-electron chi connectivity index (χ4n) is 1.91. The van der Waals surface area contributed by atoms with Gasteiger partial charge in [-0.25, -0.2) is 8.42 Å². The average molecular weight is 309 g/mol. The van der Waals surface area contributed by atoms with E-state index in [1.165, 1.54) is 6.07 Å². The molecule has 0 heterocycles. The van der Waals surface area contributed by atoms with Crippen LogP contribution in [0.2, 0.25) is 0 Å². The molecule has 0 radical (unpaired) electrons. The van der Waals surface area contributed by atoms with Crippen LogP contribution in [-0.2, 0) is 16.3 Å². The van der Waals surface area contributed by atoms with E-state index in [1.54, 1.807) is 13.0 Å². The van der Waals surface area contributed by atoms with Crippen LogP contribution in [0.3, 0.4) is 0 Å². The van der Waals surface area contributed by atoms with Gasteiger partial charge in [0.2, 0.25) is 0 Å². The van der Waals surface area contributed by atoms with Gasteiger partial charge in [-0.2, -0.15) is 4.99 Å². The fraction of sp³-hybridized carbons (Fsp3) is 0.286. The van der Waals surface area contributed by atoms with Crippen molar-refractivity contribution in [2.75, 3.05) is 6.26 Å². The molecule has 6 nitrogen and oxygen atoms in total. The Labute approximate surface area is 124 Å². The SMILES string of the molecule is CC=CCc1cc(C)c(C(=O)N=C(N)N)cc1S(C)(=O)=O. The van der Waals surface area contributed by atoms with Crippen molar-refractivity contribution in [2.45, 2.75) is 25.2 Å². The number of carbonyl (C=O) groups excluding carboxylic acids is 1. The first-order valence-corrected chi connectivity index (χ1v) is 8.14. The largest absolute Gasteiger partial charge is 0.370 e. The molecule has 4 N–H and O–H groups in total. The number of aliphatic imine (C=N–C) groups is 1. The van der Waals surface area contributed by atoms with Crippen molar-refractivity contribution in [2.24, 2.45) is 16.5 Å². The van der Waals surface area contributed by atoms with Gasteiger partial charge in [0, 0.05) is 11.8 Å². The summed E-state index contributed by atoms with van der Waals surface area (Å²) in [4.78, 5) is 15.5. The first-order valence-electron chi connectivity index (χ1n) is 6.25. The van der Waals surface area contributed by atoms with E-state index < -0.39 is 15.7 Å². The number of allylic oxidation sites excluding steroid dienone is 2. The molecule has 114 valence electrons. The molecule has 21 heavy (non-hydrogen) atoms. The van der Waals surface area contributed by atoms with Crippen molar-refractivity contribution in [1.29, 1.82) is 0 Å². The van der Waals surface area contributed by atoms with Gasteiger partial charge in [-0.15, -0.1) is 0 Å². The zero-order valence-electron chi connectivity index (χ0n) is 12.3. The third-order valence-electron chi connectivity index (χ3n) is 2.84. The lowest BCUT2D eigenvalue weighted by Crippen LogP contribution is -2.24. The Morgan fingerprint density at radius 3 is 2.43 bits per heavy atom. The Balaban J connectivity index is 3.52. The maximum Gasteiger partial charge on any atom is 0.280 e. The molecule has 0 unspecified atom stereocenters. The van der Waals surface area contributed by atoms with E-state index in [0.717, 1.165) is 6.26 Å². The normalized spacial score (nSPS) is 11.6. The van der Waals surface area contributed by atoms with Crippen LogP contribution in [0, 0.1) is 6.92 Å². The number of hydrogen-bond acceptors (Lipinski definition) is 3. The van der Waals surface area contributed by atoms with Crippen molar-refractivity contribution in [3.8, 4) is 0 Å². The fourth-order valence-corrected chi connectivity index (χ4v) is 2.86. The number of nitrogens with two attached hydrogens (primary N) is 2. The summed E-state index contributed by atoms with van der Waals surface area (Å²) in [6.07, 6.45) is 5.25. The molecular weight excluding hydrogens is 290 g/mol. The van der Waals surface area contributed by atoms with Crippen molar-refractivity contribution >= 4 is 21.7 Å². The number of aryl methyl sites for hydroxylation is 1. The molecule has 0 fully saturated rings. The van der Waals surface area contributed by atoms with Gasteiger partial charge in [-0.1, -0.05) is 18.2 Å². The molecule has 0 saturated heterocycles. The van der Waals surface area contributed by atoms with Crippen LogP contribution in [0.5, 0.6) is 0 Å². The molecule has 0 aromatic heterocycles. The number of rotatable bonds is 4. The first kappa shape index (κ1) is 16.9. The maximum atomic E-state index is 11.9. The van der Waals surface area contributed by atoms with Gasteiger partial charge in [-0.3, -0.25) is 4.79 Å². The number of hydrogen-bond donors (Lipinski definition) is 2. The molecular formula is C14H19N3O3S. The maximum absolute atomic E-state index is 11.9. The quantitative estimate of drug-likeness (QED) is 0.487. The Bertz CT molecular complexity index is 715. The summed E-state index contributed by atoms with van der Waals surface area (Å²) in [5, 5.41) is 0. The number of amides is 1. The van der Waals surface area contributed by atoms with Gasteiger partial charge >= 0.3 is 0 Å². The predicted molar refractivity (Wildman–Crippen MR) is 82.9 cm³/mol. The van der Waals surface area contributed by atoms with Crippen LogP contribution < -0.4 is 11.5 Å². The van der Waals surface area contributed by atoms with E-state index in [4.69, 9.17) is 11.5 Å². The summed E-state index contributed by atoms with van der Waals surface area (Å²) < 4.78 is 23.8. The highest BCUT2D eigenvalue weighted by atomic mass is 32.2. The van der Waals surface area contributed by atoms with Crippen LogP contribution in [0.25, 0.3) is 0 Å². The average Bonchev–Trinajstić information content (AvgIpc) is 2.33. The second-order valence-electron chi connectivity index (χ2n) is 4.66. The number of nitrogens with zero attached hydrogens (tertiary/aromatic N) is 1. The highest BCUT2D eigenvalue weighted by Gasteiger charge is 2.18. The third kappa shape index (κ3) is 4.42. The monoisotopic (exact) mass is 309 g/mol. The Morgan fingerprint density at radius 2 is 1.95 bits per heavy atom. The van der Waals surface area contributed by atoms with E-state index >= 15 is 0 Å². The van der Waals surface area contributed by atoms with E-state index in [1.807, 2.05) is 19.1 Å². The standard InChI is InChI=1S/C14H19N3O3S/c1-4-5-6-10-7-9(2)11(13(18)17-14(15)16)8-12(10)21(3,19)20/h4-5,7-8H,6H2,1-3H3,(H4,15,16,17,18). The highest BCUT2D eigenvalue weighted by Crippen LogP contribution is 2.23. The van der Waals surface area contributed by atoms with Gasteiger partial charge in [0.1, 0.15) is 0 Å². The number of carbonyl (C=O) groups is 1. The smallest absolute Gasteiger partial charge is 0.280 e. The van der Waals surface area contributed by atoms with Crippen molar-refractivity contribution < 1.29 is 13.2 Å². The van der Waals surface area contributed by atoms with Gasteiger partial charge in [0.25, 0.3) is 5.91 Å². The Morgan fingerprint density at radius 1 is 1.33 bits per heavy atom. The molecule has 0 spiro atoms. The van der Waals surface area contributed by atoms with Crippen molar-refractivity contribution in [3.05, 3.63) is 41.0 Å². The summed E-state index contributed by atoms with van der Waals surface area (Å²) in [6, 6.07) is 3.00. The minimum absolute atomic E-state index is 0.111. The molecule has 0 aliphatic rings. The zero-order chi connectivity index (χ0) is 16.2. The van der Waals surface area contributed by atoms with Gasteiger partial charge < -0.3 is 11.5 Å². The topological polar surface area (TPSA) is 116 Å². The molecule has 1 aromatic rings. The second-order valence-corrected chi connectivity index (χ2v) is 6.65. The number of benzene rings is 1. The summed E-state index contributed by atoms with van der Waals surface area (Å²) in [5.74, 6) is -1.02. The van der Waals surface area contributed by atoms with E-state index in [0.29, 0.717) is 17.5 Å². The van der Waals surface area contributed by atoms with Crippen LogP contribution >= 0.6 is 0 Å². The lowest BCUT2D eigenvalue weighted by Gasteiger charge is -2.11. The van der Waals surface area contributed by atoms with E-state index in [2.05, 4.69) is 4.99 Å². The number of sulfone groups is 1. The molecule has 0 atom stereocenters. The van der Waals surface area contributed by atoms with Crippen LogP contribution in [0.4, 0.5) is 0 Å². The van der Waals surface area contributed by atoms with Crippen LogP contribution in [-0.4, -0.2) is 26.5 Å². The highest BCUT2D eigenvalue weighted by molar-refractivity contribution is 7.90. The van der Waals surface area contributed by atoms with Crippen LogP contribution in [0.15, 0.2) is 34.2 Å². The minimum Gasteiger partial charge on any atom is -0.370 e. The summed E-state index contributed by atoms with van der Waals surface area (Å²) in [5.41, 5.74) is 11.8. The molecule has 0 aliphatic carbocycles. The van der Waals surface area contributed by atoms with Crippen LogP contribution in [0.1, 0.15) is 28.4 Å². The van der Waals surface area contributed by atoms with Gasteiger partial charge in [0.05, 0.1) is 4.90 Å². The molecule has 0 saturated carbocycles. The summed E-state index contributed by atoms with van der Waals surface area (Å²) >= 11 is 0. The Hall–Kier alpha value is -2.15. The predicted octanol–water partition coefficient (Wildman–Crippen LogP) is 0.931. The number of guanidine groups is 1. The van der Waals surface area contributed by atoms with E-state index in [-0.39, 0.29) is 16.4 Å². The summed E-state index contributed by atoms with van der Waals surface area (Å²) in [7, 11) is -3.46. The first-order chi connectivity index (χ1) is 9.66. The second kappa shape index (κ2) is 6.53. The Kier molecular flexibility index (Phi) is 5.26. The minimum atomic E-state index is -3.46. The lowest BCUT2D eigenvalue weighted by molar-refractivity contribution is 0.100. The van der Waals surface area contributed by atoms with Crippen molar-refractivity contribution in [3.63, 3.8) is 0 Å². The molecule has 0 aliphatic heterocycles. The van der Waals surface area contributed by atoms with Gasteiger partial charge in [-0.05, 0) is 37.5 Å². The molecule has 7 heteroatoms. The van der Waals surface area contributed by atoms with E-state index in [9.17, 15) is 13.2 Å². The third-order valence-corrected chi connectivity index (χ3v) is 4.02. The van der Waals surface area contributed by atoms with Gasteiger partial charge in [0.15, 0.2) is 15.8 Å². The molecule has 1 rings (SSSR count). The summed E-state index contributed by atoms with van der Waals surface area (Å²) in [6.45, 7) is 3.56. The molecule has 1 aromatic carbocycles.